The summed E-state index contributed by atoms with van der Waals surface area (Å²) < 4.78 is 44.3. The molecule has 0 aromatic heterocycles. The number of carbonyl (C=O) groups is 3. The van der Waals surface area contributed by atoms with E-state index in [0.29, 0.717) is 36.2 Å². The molecular weight excluding hydrogens is 632 g/mol. The predicted octanol–water partition coefficient (Wildman–Crippen LogP) is 5.73. The van der Waals surface area contributed by atoms with E-state index in [-0.39, 0.29) is 66.0 Å². The number of benzene rings is 3. The van der Waals surface area contributed by atoms with Crippen molar-refractivity contribution in [3.05, 3.63) is 88.4 Å². The predicted molar refractivity (Wildman–Crippen MR) is 162 cm³/mol. The van der Waals surface area contributed by atoms with Crippen LogP contribution in [-0.2, 0) is 20.9 Å². The van der Waals surface area contributed by atoms with Gasteiger partial charge in [0.2, 0.25) is 17.7 Å². The van der Waals surface area contributed by atoms with Crippen LogP contribution in [0.1, 0.15) is 41.9 Å². The molecule has 0 aliphatic carbocycles. The Kier molecular flexibility index (Phi) is 10.8. The number of nitrogens with one attached hydrogen (secondary N) is 2. The van der Waals surface area contributed by atoms with Gasteiger partial charge < -0.3 is 15.0 Å². The van der Waals surface area contributed by atoms with E-state index >= 15 is 0 Å². The van der Waals surface area contributed by atoms with Gasteiger partial charge in [0.1, 0.15) is 5.75 Å². The van der Waals surface area contributed by atoms with Crippen LogP contribution in [0.2, 0.25) is 5.02 Å². The molecule has 2 N–H and O–H groups in total. The van der Waals surface area contributed by atoms with E-state index in [9.17, 15) is 27.6 Å². The van der Waals surface area contributed by atoms with Crippen molar-refractivity contribution in [3.63, 3.8) is 0 Å². The quantitative estimate of drug-likeness (QED) is 0.313. The third-order valence-corrected chi connectivity index (χ3v) is 8.21. The number of nitriles is 1. The number of likely N-dealkylation sites (tertiary alicyclic amines) is 1. The third kappa shape index (κ3) is 8.34. The van der Waals surface area contributed by atoms with Crippen LogP contribution in [-0.4, -0.2) is 48.1 Å². The smallest absolute Gasteiger partial charge is 0.405 e. The lowest BCUT2D eigenvalue weighted by atomic mass is 9.84. The molecule has 3 aromatic carbocycles. The molecule has 236 valence electrons. The highest BCUT2D eigenvalue weighted by Crippen LogP contribution is 2.35. The number of piperidine rings is 2. The average molecular weight is 662 g/mol. The van der Waals surface area contributed by atoms with Gasteiger partial charge >= 0.3 is 6.36 Å². The first-order chi connectivity index (χ1) is 21.0. The molecule has 2 atom stereocenters. The van der Waals surface area contributed by atoms with Crippen LogP contribution in [0.5, 0.6) is 5.75 Å². The van der Waals surface area contributed by atoms with Crippen LogP contribution in [0.4, 0.5) is 13.2 Å². The zero-order chi connectivity index (χ0) is 31.4. The number of amides is 3. The van der Waals surface area contributed by atoms with Gasteiger partial charge in [0.05, 0.1) is 17.6 Å². The monoisotopic (exact) mass is 660 g/mol. The molecule has 3 amide bonds. The summed E-state index contributed by atoms with van der Waals surface area (Å²) in [4.78, 5) is 38.8. The largest absolute Gasteiger partial charge is 0.573 e. The van der Waals surface area contributed by atoms with Crippen LogP contribution in [0, 0.1) is 17.2 Å². The number of carbonyl (C=O) groups excluding carboxylic acids is 3. The number of halogens is 5. The summed E-state index contributed by atoms with van der Waals surface area (Å²) >= 11 is 6.39. The van der Waals surface area contributed by atoms with Gasteiger partial charge in [-0.3, -0.25) is 19.7 Å². The van der Waals surface area contributed by atoms with Crippen molar-refractivity contribution in [1.29, 1.82) is 5.26 Å². The van der Waals surface area contributed by atoms with E-state index in [0.717, 1.165) is 5.56 Å². The first-order valence-corrected chi connectivity index (χ1v) is 14.4. The zero-order valence-corrected chi connectivity index (χ0v) is 25.3. The van der Waals surface area contributed by atoms with Gasteiger partial charge in [0.25, 0.3) is 0 Å². The van der Waals surface area contributed by atoms with E-state index in [4.69, 9.17) is 16.9 Å². The standard InChI is InChI=1S/C32H28ClF3N4O4.ClH/c33-26-12-19(16-37)6-8-24(26)21-7-9-28(44-32(34,35)36)23(13-21)17-38-27-10-11-40(18-25(27)20-4-2-1-3-5-20)31(43)22-14-29(41)39-30(42)15-22;/h1-9,12-13,22,25,27,38H,10-11,14-15,17-18H2,(H,39,41,42);1H/t25-,27-;/m0./s1. The Morgan fingerprint density at radius 2 is 1.78 bits per heavy atom. The fourth-order valence-electron chi connectivity index (χ4n) is 5.81. The number of imide groups is 1. The van der Waals surface area contributed by atoms with Crippen molar-refractivity contribution in [1.82, 2.24) is 15.5 Å². The number of alkyl halides is 3. The lowest BCUT2D eigenvalue weighted by molar-refractivity contribution is -0.274. The van der Waals surface area contributed by atoms with E-state index in [1.165, 1.54) is 18.2 Å². The Morgan fingerprint density at radius 3 is 2.42 bits per heavy atom. The maximum absolute atomic E-state index is 13.3. The van der Waals surface area contributed by atoms with E-state index in [1.54, 1.807) is 23.1 Å². The minimum atomic E-state index is -4.90. The number of hydrogen-bond donors (Lipinski definition) is 2. The van der Waals surface area contributed by atoms with E-state index < -0.39 is 24.1 Å². The highest BCUT2D eigenvalue weighted by molar-refractivity contribution is 6.33. The Bertz CT molecular complexity index is 1600. The highest BCUT2D eigenvalue weighted by atomic mass is 35.5. The Balaban J connectivity index is 0.00000461. The van der Waals surface area contributed by atoms with Gasteiger partial charge in [-0.25, -0.2) is 0 Å². The molecule has 0 saturated carbocycles. The van der Waals surface area contributed by atoms with Gasteiger partial charge in [-0.1, -0.05) is 54.1 Å². The molecule has 2 aliphatic heterocycles. The SMILES string of the molecule is Cl.N#Cc1ccc(-c2ccc(OC(F)(F)F)c(CN[C@H]3CCN(C(=O)C4CC(=O)NC(=O)C4)C[C@H]3c3ccccc3)c2)c(Cl)c1. The summed E-state index contributed by atoms with van der Waals surface area (Å²) in [5, 5.41) is 15.1. The summed E-state index contributed by atoms with van der Waals surface area (Å²) in [7, 11) is 0. The molecule has 0 bridgehead atoms. The fraction of sp³-hybridized carbons (Fsp3) is 0.312. The van der Waals surface area contributed by atoms with Crippen molar-refractivity contribution < 1.29 is 32.3 Å². The lowest BCUT2D eigenvalue weighted by Crippen LogP contribution is -2.52. The maximum Gasteiger partial charge on any atom is 0.573 e. The Hall–Kier alpha value is -4.11. The molecule has 13 heteroatoms. The minimum absolute atomic E-state index is 0. The second kappa shape index (κ2) is 14.3. The van der Waals surface area contributed by atoms with Gasteiger partial charge in [0.15, 0.2) is 0 Å². The molecule has 2 aliphatic rings. The molecular formula is C32H29Cl2F3N4O4. The summed E-state index contributed by atoms with van der Waals surface area (Å²) in [5.74, 6) is -2.52. The minimum Gasteiger partial charge on any atom is -0.405 e. The van der Waals surface area contributed by atoms with Crippen molar-refractivity contribution in [2.75, 3.05) is 13.1 Å². The Morgan fingerprint density at radius 1 is 1.07 bits per heavy atom. The summed E-state index contributed by atoms with van der Waals surface area (Å²) in [6, 6.07) is 20.2. The lowest BCUT2D eigenvalue weighted by Gasteiger charge is -2.41. The highest BCUT2D eigenvalue weighted by Gasteiger charge is 2.38. The van der Waals surface area contributed by atoms with Crippen LogP contribution in [0.15, 0.2) is 66.7 Å². The topological polar surface area (TPSA) is 112 Å². The number of nitrogens with zero attached hydrogens (tertiary/aromatic N) is 2. The van der Waals surface area contributed by atoms with Crippen molar-refractivity contribution in [2.45, 2.75) is 44.1 Å². The first-order valence-electron chi connectivity index (χ1n) is 14.0. The molecule has 0 radical (unpaired) electrons. The summed E-state index contributed by atoms with van der Waals surface area (Å²) in [6.07, 6.45) is -4.53. The zero-order valence-electron chi connectivity index (χ0n) is 23.8. The fourth-order valence-corrected chi connectivity index (χ4v) is 6.10. The second-order valence-electron chi connectivity index (χ2n) is 10.8. The summed E-state index contributed by atoms with van der Waals surface area (Å²) in [5.41, 5.74) is 2.64. The molecule has 2 heterocycles. The van der Waals surface area contributed by atoms with Crippen LogP contribution >= 0.6 is 24.0 Å². The number of rotatable bonds is 7. The molecule has 45 heavy (non-hydrogen) atoms. The van der Waals surface area contributed by atoms with Crippen LogP contribution in [0.25, 0.3) is 11.1 Å². The van der Waals surface area contributed by atoms with E-state index in [2.05, 4.69) is 15.4 Å². The summed E-state index contributed by atoms with van der Waals surface area (Å²) in [6.45, 7) is 0.672. The van der Waals surface area contributed by atoms with Gasteiger partial charge in [0, 0.05) is 60.6 Å². The Labute approximate surface area is 268 Å². The maximum atomic E-state index is 13.3. The van der Waals surface area contributed by atoms with Crippen molar-refractivity contribution in [3.8, 4) is 22.9 Å². The first kappa shape index (κ1) is 33.8. The molecule has 3 aromatic rings. The molecule has 2 saturated heterocycles. The van der Waals surface area contributed by atoms with Crippen molar-refractivity contribution in [2.24, 2.45) is 5.92 Å². The number of ether oxygens (including phenoxy) is 1. The molecule has 8 nitrogen and oxygen atoms in total. The molecule has 2 fully saturated rings. The average Bonchev–Trinajstić information content (AvgIpc) is 2.99. The molecule has 0 unspecified atom stereocenters. The third-order valence-electron chi connectivity index (χ3n) is 7.89. The van der Waals surface area contributed by atoms with Crippen LogP contribution < -0.4 is 15.4 Å². The van der Waals surface area contributed by atoms with E-state index in [1.807, 2.05) is 36.4 Å². The molecule has 0 spiro atoms. The van der Waals surface area contributed by atoms with Gasteiger partial charge in [-0.05, 0) is 41.8 Å². The van der Waals surface area contributed by atoms with Gasteiger partial charge in [-0.2, -0.15) is 5.26 Å². The normalized spacial score (nSPS) is 18.9. The number of hydrogen-bond acceptors (Lipinski definition) is 6. The molecule has 5 rings (SSSR count). The second-order valence-corrected chi connectivity index (χ2v) is 11.2. The van der Waals surface area contributed by atoms with Crippen LogP contribution in [0.3, 0.4) is 0 Å². The van der Waals surface area contributed by atoms with Gasteiger partial charge in [-0.15, -0.1) is 25.6 Å². The van der Waals surface area contributed by atoms with Crippen molar-refractivity contribution >= 4 is 41.7 Å².